The summed E-state index contributed by atoms with van der Waals surface area (Å²) in [6.45, 7) is 3.15. The molecule has 0 aliphatic rings. The largest absolute Gasteiger partial charge is 0.467 e. The lowest BCUT2D eigenvalue weighted by atomic mass is 10.6. The van der Waals surface area contributed by atoms with Gasteiger partial charge in [0.1, 0.15) is 0 Å². The Kier molecular flexibility index (Phi) is 8.07. The summed E-state index contributed by atoms with van der Waals surface area (Å²) in [5, 5.41) is 3.02. The molecule has 0 saturated carbocycles. The number of rotatable bonds is 10. The molecule has 1 heterocycles. The number of nitrogens with two attached hydrogens (primary N) is 1. The number of hydrogen-bond acceptors (Lipinski definition) is 8. The molecule has 0 spiro atoms. The minimum atomic E-state index is 0.0745. The maximum Gasteiger partial charge on any atom is 0.322 e. The predicted molar refractivity (Wildman–Crippen MR) is 70.6 cm³/mol. The number of nitrogens with one attached hydrogen (secondary N) is 1. The molecule has 108 valence electrons. The van der Waals surface area contributed by atoms with E-state index in [1.165, 1.54) is 7.11 Å². The quantitative estimate of drug-likeness (QED) is 0.578. The summed E-state index contributed by atoms with van der Waals surface area (Å²) in [4.78, 5) is 11.6. The number of hydrogen-bond donors (Lipinski definition) is 2. The highest BCUT2D eigenvalue weighted by Gasteiger charge is 2.03. The monoisotopic (exact) mass is 291 g/mol. The molecule has 0 fully saturated rings. The summed E-state index contributed by atoms with van der Waals surface area (Å²) >= 11 is 5.70. The average Bonchev–Trinajstić information content (AvgIpc) is 2.41. The fourth-order valence-corrected chi connectivity index (χ4v) is 1.29. The van der Waals surface area contributed by atoms with Crippen LogP contribution in [0.4, 0.5) is 5.95 Å². The van der Waals surface area contributed by atoms with E-state index >= 15 is 0 Å². The fraction of sp³-hybridized carbons (Fsp3) is 0.700. The molecule has 0 saturated heterocycles. The van der Waals surface area contributed by atoms with Crippen LogP contribution in [0.2, 0.25) is 5.28 Å². The van der Waals surface area contributed by atoms with Gasteiger partial charge < -0.3 is 25.3 Å². The zero-order valence-electron chi connectivity index (χ0n) is 10.8. The van der Waals surface area contributed by atoms with Crippen LogP contribution < -0.4 is 15.8 Å². The van der Waals surface area contributed by atoms with Crippen molar-refractivity contribution in [3.63, 3.8) is 0 Å². The number of halogens is 1. The molecule has 1 aromatic heterocycles. The van der Waals surface area contributed by atoms with Gasteiger partial charge in [-0.25, -0.2) is 0 Å². The number of ether oxygens (including phenoxy) is 3. The standard InChI is InChI=1S/C10H18ClN5O3/c1-17-10-15-8(11)14-9(16-10)13-3-5-19-7-6-18-4-2-12/h2-7,12H2,1H3,(H,13,14,15,16). The first-order chi connectivity index (χ1) is 9.26. The molecule has 1 rings (SSSR count). The lowest BCUT2D eigenvalue weighted by Gasteiger charge is -2.07. The Morgan fingerprint density at radius 2 is 1.84 bits per heavy atom. The summed E-state index contributed by atoms with van der Waals surface area (Å²) in [6, 6.07) is 0.165. The summed E-state index contributed by atoms with van der Waals surface area (Å²) in [7, 11) is 1.46. The van der Waals surface area contributed by atoms with Gasteiger partial charge in [0.25, 0.3) is 0 Å². The Bertz CT molecular complexity index is 369. The second-order valence-corrected chi connectivity index (χ2v) is 3.69. The van der Waals surface area contributed by atoms with Gasteiger partial charge in [-0.1, -0.05) is 0 Å². The van der Waals surface area contributed by atoms with Crippen LogP contribution in [0.5, 0.6) is 6.01 Å². The van der Waals surface area contributed by atoms with Crippen molar-refractivity contribution >= 4 is 17.5 Å². The number of nitrogens with zero attached hydrogens (tertiary/aromatic N) is 3. The van der Waals surface area contributed by atoms with Crippen LogP contribution in [0, 0.1) is 0 Å². The predicted octanol–water partition coefficient (Wildman–Crippen LogP) is -0.0626. The van der Waals surface area contributed by atoms with E-state index in [2.05, 4.69) is 20.3 Å². The van der Waals surface area contributed by atoms with E-state index in [1.54, 1.807) is 0 Å². The minimum absolute atomic E-state index is 0.0745. The van der Waals surface area contributed by atoms with Crippen molar-refractivity contribution in [2.45, 2.75) is 0 Å². The molecular formula is C10H18ClN5O3. The van der Waals surface area contributed by atoms with Crippen molar-refractivity contribution in [3.05, 3.63) is 5.28 Å². The minimum Gasteiger partial charge on any atom is -0.467 e. The first-order valence-electron chi connectivity index (χ1n) is 5.81. The molecular weight excluding hydrogens is 274 g/mol. The summed E-state index contributed by atoms with van der Waals surface area (Å²) in [6.07, 6.45) is 0. The van der Waals surface area contributed by atoms with E-state index in [0.29, 0.717) is 45.5 Å². The Morgan fingerprint density at radius 3 is 2.53 bits per heavy atom. The van der Waals surface area contributed by atoms with Gasteiger partial charge in [-0.2, -0.15) is 15.0 Å². The van der Waals surface area contributed by atoms with Crippen molar-refractivity contribution in [1.29, 1.82) is 0 Å². The van der Waals surface area contributed by atoms with E-state index in [-0.39, 0.29) is 11.3 Å². The Labute approximate surface area is 116 Å². The van der Waals surface area contributed by atoms with Crippen molar-refractivity contribution < 1.29 is 14.2 Å². The highest BCUT2D eigenvalue weighted by atomic mass is 35.5. The molecule has 3 N–H and O–H groups in total. The van der Waals surface area contributed by atoms with Gasteiger partial charge in [0.05, 0.1) is 33.5 Å². The van der Waals surface area contributed by atoms with Crippen molar-refractivity contribution in [1.82, 2.24) is 15.0 Å². The first kappa shape index (κ1) is 15.8. The highest BCUT2D eigenvalue weighted by Crippen LogP contribution is 2.10. The smallest absolute Gasteiger partial charge is 0.322 e. The lowest BCUT2D eigenvalue weighted by Crippen LogP contribution is -2.16. The second-order valence-electron chi connectivity index (χ2n) is 3.35. The van der Waals surface area contributed by atoms with E-state index in [1.807, 2.05) is 0 Å². The number of anilines is 1. The molecule has 1 aromatic rings. The van der Waals surface area contributed by atoms with Crippen LogP contribution in [0.25, 0.3) is 0 Å². The normalized spacial score (nSPS) is 10.5. The summed E-state index contributed by atoms with van der Waals surface area (Å²) in [5.74, 6) is 0.347. The fourth-order valence-electron chi connectivity index (χ4n) is 1.14. The Morgan fingerprint density at radius 1 is 1.11 bits per heavy atom. The Balaban J connectivity index is 2.13. The molecule has 19 heavy (non-hydrogen) atoms. The van der Waals surface area contributed by atoms with Gasteiger partial charge in [0, 0.05) is 13.1 Å². The molecule has 9 heteroatoms. The molecule has 0 amide bonds. The highest BCUT2D eigenvalue weighted by molar-refractivity contribution is 6.28. The van der Waals surface area contributed by atoms with Gasteiger partial charge in [0.15, 0.2) is 0 Å². The van der Waals surface area contributed by atoms with Gasteiger partial charge in [-0.05, 0) is 11.6 Å². The molecule has 0 aliphatic heterocycles. The zero-order chi connectivity index (χ0) is 13.9. The topological polar surface area (TPSA) is 104 Å². The lowest BCUT2D eigenvalue weighted by molar-refractivity contribution is 0.0547. The van der Waals surface area contributed by atoms with E-state index in [4.69, 9.17) is 31.5 Å². The number of aromatic nitrogens is 3. The molecule has 0 bridgehead atoms. The number of methoxy groups -OCH3 is 1. The summed E-state index contributed by atoms with van der Waals surface area (Å²) in [5.41, 5.74) is 5.28. The van der Waals surface area contributed by atoms with Crippen LogP contribution >= 0.6 is 11.6 Å². The van der Waals surface area contributed by atoms with Gasteiger partial charge in [0.2, 0.25) is 11.2 Å². The molecule has 8 nitrogen and oxygen atoms in total. The molecule has 0 aliphatic carbocycles. The van der Waals surface area contributed by atoms with E-state index in [0.717, 1.165) is 0 Å². The zero-order valence-corrected chi connectivity index (χ0v) is 11.5. The summed E-state index contributed by atoms with van der Waals surface area (Å²) < 4.78 is 15.4. The second kappa shape index (κ2) is 9.68. The van der Waals surface area contributed by atoms with Crippen LogP contribution in [0.15, 0.2) is 0 Å². The van der Waals surface area contributed by atoms with Gasteiger partial charge >= 0.3 is 6.01 Å². The van der Waals surface area contributed by atoms with E-state index < -0.39 is 0 Å². The van der Waals surface area contributed by atoms with E-state index in [9.17, 15) is 0 Å². The van der Waals surface area contributed by atoms with Crippen LogP contribution in [-0.4, -0.2) is 61.6 Å². The third-order valence-electron chi connectivity index (χ3n) is 1.93. The molecule has 0 atom stereocenters. The van der Waals surface area contributed by atoms with Crippen LogP contribution in [-0.2, 0) is 9.47 Å². The van der Waals surface area contributed by atoms with Gasteiger partial charge in [-0.3, -0.25) is 0 Å². The van der Waals surface area contributed by atoms with Crippen molar-refractivity contribution in [3.8, 4) is 6.01 Å². The third-order valence-corrected chi connectivity index (χ3v) is 2.10. The maximum absolute atomic E-state index is 5.70. The maximum atomic E-state index is 5.70. The van der Waals surface area contributed by atoms with Crippen molar-refractivity contribution in [2.24, 2.45) is 5.73 Å². The SMILES string of the molecule is COc1nc(Cl)nc(NCCOCCOCCN)n1. The molecule has 0 aromatic carbocycles. The molecule has 0 radical (unpaired) electrons. The average molecular weight is 292 g/mol. The van der Waals surface area contributed by atoms with Crippen LogP contribution in [0.1, 0.15) is 0 Å². The van der Waals surface area contributed by atoms with Gasteiger partial charge in [-0.15, -0.1) is 0 Å². The van der Waals surface area contributed by atoms with Crippen LogP contribution in [0.3, 0.4) is 0 Å². The molecule has 0 unspecified atom stereocenters. The first-order valence-corrected chi connectivity index (χ1v) is 6.19. The Hall–Kier alpha value is -1.22. The third kappa shape index (κ3) is 7.06. The van der Waals surface area contributed by atoms with Crippen molar-refractivity contribution in [2.75, 3.05) is 51.9 Å².